The van der Waals surface area contributed by atoms with Crippen molar-refractivity contribution in [3.8, 4) is 0 Å². The maximum atomic E-state index is 10.8. The van der Waals surface area contributed by atoms with Gasteiger partial charge in [-0.05, 0) is 24.7 Å². The Morgan fingerprint density at radius 2 is 2.05 bits per heavy atom. The van der Waals surface area contributed by atoms with E-state index in [0.717, 1.165) is 5.56 Å². The summed E-state index contributed by atoms with van der Waals surface area (Å²) in [5.74, 6) is 0.265. The Bertz CT molecular complexity index is 610. The highest BCUT2D eigenvalue weighted by Gasteiger charge is 2.10. The minimum atomic E-state index is -0.922. The average molecular weight is 305 g/mol. The summed E-state index contributed by atoms with van der Waals surface area (Å²) in [6, 6.07) is 6.80. The molecular weight excluding hydrogens is 286 g/mol. The molecule has 2 rings (SSSR count). The molecular formula is C15H19N3O4. The van der Waals surface area contributed by atoms with Gasteiger partial charge in [0, 0.05) is 20.1 Å². The van der Waals surface area contributed by atoms with Gasteiger partial charge in [0.1, 0.15) is 0 Å². The third kappa shape index (κ3) is 4.64. The van der Waals surface area contributed by atoms with Crippen molar-refractivity contribution in [2.24, 2.45) is 0 Å². The lowest BCUT2D eigenvalue weighted by atomic mass is 10.1. The molecule has 0 saturated heterocycles. The van der Waals surface area contributed by atoms with Crippen molar-refractivity contribution in [1.82, 2.24) is 15.0 Å². The number of ether oxygens (including phenoxy) is 1. The first-order chi connectivity index (χ1) is 10.6. The largest absolute Gasteiger partial charge is 0.478 e. The Hall–Kier alpha value is -2.25. The summed E-state index contributed by atoms with van der Waals surface area (Å²) in [6.45, 7) is 1.75. The molecule has 0 fully saturated rings. The maximum Gasteiger partial charge on any atom is 0.335 e. The lowest BCUT2D eigenvalue weighted by Crippen LogP contribution is -2.17. The molecule has 0 spiro atoms. The quantitative estimate of drug-likeness (QED) is 0.792. The van der Waals surface area contributed by atoms with Crippen LogP contribution in [0.25, 0.3) is 0 Å². The SMILES string of the molecule is COCCc1noc(CN(C)Cc2ccc(C(=O)O)cc2)n1. The van der Waals surface area contributed by atoms with Crippen LogP contribution in [0.1, 0.15) is 27.6 Å². The molecule has 0 aliphatic heterocycles. The van der Waals surface area contributed by atoms with Crippen molar-refractivity contribution in [3.63, 3.8) is 0 Å². The van der Waals surface area contributed by atoms with E-state index in [9.17, 15) is 4.79 Å². The molecule has 7 heteroatoms. The van der Waals surface area contributed by atoms with Crippen LogP contribution in [0.15, 0.2) is 28.8 Å². The van der Waals surface area contributed by atoms with Crippen molar-refractivity contribution in [1.29, 1.82) is 0 Å². The van der Waals surface area contributed by atoms with E-state index in [1.807, 2.05) is 11.9 Å². The van der Waals surface area contributed by atoms with Gasteiger partial charge < -0.3 is 14.4 Å². The minimum absolute atomic E-state index is 0.283. The second-order valence-corrected chi connectivity index (χ2v) is 5.02. The van der Waals surface area contributed by atoms with E-state index in [4.69, 9.17) is 14.4 Å². The second kappa shape index (κ2) is 7.67. The summed E-state index contributed by atoms with van der Waals surface area (Å²) in [7, 11) is 3.56. The number of carboxylic acid groups (broad SMARTS) is 1. The van der Waals surface area contributed by atoms with Gasteiger partial charge in [-0.1, -0.05) is 17.3 Å². The zero-order chi connectivity index (χ0) is 15.9. The molecule has 0 atom stereocenters. The molecule has 7 nitrogen and oxygen atoms in total. The highest BCUT2D eigenvalue weighted by molar-refractivity contribution is 5.87. The van der Waals surface area contributed by atoms with E-state index < -0.39 is 5.97 Å². The fourth-order valence-corrected chi connectivity index (χ4v) is 2.00. The second-order valence-electron chi connectivity index (χ2n) is 5.02. The molecule has 1 aromatic carbocycles. The Morgan fingerprint density at radius 1 is 1.32 bits per heavy atom. The average Bonchev–Trinajstić information content (AvgIpc) is 2.93. The molecule has 0 unspecified atom stereocenters. The zero-order valence-electron chi connectivity index (χ0n) is 12.7. The van der Waals surface area contributed by atoms with Gasteiger partial charge in [0.05, 0.1) is 18.7 Å². The van der Waals surface area contributed by atoms with Gasteiger partial charge in [-0.15, -0.1) is 0 Å². The van der Waals surface area contributed by atoms with Gasteiger partial charge in [-0.2, -0.15) is 4.98 Å². The normalized spacial score (nSPS) is 11.0. The van der Waals surface area contributed by atoms with Crippen molar-refractivity contribution in [2.45, 2.75) is 19.5 Å². The first-order valence-electron chi connectivity index (χ1n) is 6.89. The van der Waals surface area contributed by atoms with Gasteiger partial charge >= 0.3 is 5.97 Å². The first kappa shape index (κ1) is 16.1. The van der Waals surface area contributed by atoms with Gasteiger partial charge in [0.2, 0.25) is 5.89 Å². The van der Waals surface area contributed by atoms with E-state index in [-0.39, 0.29) is 5.56 Å². The summed E-state index contributed by atoms with van der Waals surface area (Å²) >= 11 is 0. The number of hydrogen-bond donors (Lipinski definition) is 1. The predicted molar refractivity (Wildman–Crippen MR) is 78.5 cm³/mol. The van der Waals surface area contributed by atoms with E-state index in [1.165, 1.54) is 0 Å². The summed E-state index contributed by atoms with van der Waals surface area (Å²) in [6.07, 6.45) is 0.625. The van der Waals surface area contributed by atoms with Crippen molar-refractivity contribution < 1.29 is 19.2 Å². The zero-order valence-corrected chi connectivity index (χ0v) is 12.7. The first-order valence-corrected chi connectivity index (χ1v) is 6.89. The third-order valence-electron chi connectivity index (χ3n) is 3.10. The van der Waals surface area contributed by atoms with Gasteiger partial charge in [0.15, 0.2) is 5.82 Å². The molecule has 0 amide bonds. The van der Waals surface area contributed by atoms with Crippen molar-refractivity contribution >= 4 is 5.97 Å². The minimum Gasteiger partial charge on any atom is -0.478 e. The number of carboxylic acids is 1. The number of benzene rings is 1. The lowest BCUT2D eigenvalue weighted by Gasteiger charge is -2.14. The van der Waals surface area contributed by atoms with Gasteiger partial charge in [-0.3, -0.25) is 4.90 Å². The fourth-order valence-electron chi connectivity index (χ4n) is 2.00. The number of aromatic carboxylic acids is 1. The molecule has 0 aliphatic rings. The maximum absolute atomic E-state index is 10.8. The Morgan fingerprint density at radius 3 is 2.68 bits per heavy atom. The van der Waals surface area contributed by atoms with Crippen LogP contribution in [-0.2, 0) is 24.2 Å². The van der Waals surface area contributed by atoms with E-state index >= 15 is 0 Å². The van der Waals surface area contributed by atoms with Crippen LogP contribution >= 0.6 is 0 Å². The molecule has 0 radical (unpaired) electrons. The van der Waals surface area contributed by atoms with Gasteiger partial charge in [-0.25, -0.2) is 4.79 Å². The van der Waals surface area contributed by atoms with Crippen LogP contribution in [0.3, 0.4) is 0 Å². The highest BCUT2D eigenvalue weighted by atomic mass is 16.5. The van der Waals surface area contributed by atoms with Crippen LogP contribution < -0.4 is 0 Å². The Kier molecular flexibility index (Phi) is 5.62. The van der Waals surface area contributed by atoms with E-state index in [0.29, 0.717) is 37.8 Å². The lowest BCUT2D eigenvalue weighted by molar-refractivity contribution is 0.0697. The van der Waals surface area contributed by atoms with E-state index in [2.05, 4.69) is 10.1 Å². The van der Waals surface area contributed by atoms with Crippen LogP contribution in [-0.4, -0.2) is 46.9 Å². The molecule has 0 saturated carbocycles. The van der Waals surface area contributed by atoms with Crippen LogP contribution in [0, 0.1) is 0 Å². The topological polar surface area (TPSA) is 88.7 Å². The molecule has 1 N–H and O–H groups in total. The van der Waals surface area contributed by atoms with Crippen molar-refractivity contribution in [2.75, 3.05) is 20.8 Å². The van der Waals surface area contributed by atoms with Crippen molar-refractivity contribution in [3.05, 3.63) is 47.1 Å². The smallest absolute Gasteiger partial charge is 0.335 e. The van der Waals surface area contributed by atoms with E-state index in [1.54, 1.807) is 31.4 Å². The van der Waals surface area contributed by atoms with Gasteiger partial charge in [0.25, 0.3) is 0 Å². The summed E-state index contributed by atoms with van der Waals surface area (Å²) in [5, 5.41) is 12.8. The standard InChI is InChI=1S/C15H19N3O4/c1-18(9-11-3-5-12(6-4-11)15(19)20)10-14-16-13(17-22-14)7-8-21-2/h3-6H,7-10H2,1-2H3,(H,19,20). The number of hydrogen-bond acceptors (Lipinski definition) is 6. The number of aromatic nitrogens is 2. The molecule has 0 bridgehead atoms. The van der Waals surface area contributed by atoms with Crippen LogP contribution in [0.4, 0.5) is 0 Å². The third-order valence-corrected chi connectivity index (χ3v) is 3.10. The predicted octanol–water partition coefficient (Wildman–Crippen LogP) is 1.59. The number of nitrogens with zero attached hydrogens (tertiary/aromatic N) is 3. The monoisotopic (exact) mass is 305 g/mol. The molecule has 118 valence electrons. The van der Waals surface area contributed by atoms with Crippen LogP contribution in [0.2, 0.25) is 0 Å². The fraction of sp³-hybridized carbons (Fsp3) is 0.400. The number of methoxy groups -OCH3 is 1. The highest BCUT2D eigenvalue weighted by Crippen LogP contribution is 2.09. The molecule has 22 heavy (non-hydrogen) atoms. The summed E-state index contributed by atoms with van der Waals surface area (Å²) in [5.41, 5.74) is 1.30. The molecule has 0 aliphatic carbocycles. The molecule has 1 heterocycles. The molecule has 1 aromatic heterocycles. The summed E-state index contributed by atoms with van der Waals surface area (Å²) < 4.78 is 10.2. The van der Waals surface area contributed by atoms with Crippen LogP contribution in [0.5, 0.6) is 0 Å². The number of carbonyl (C=O) groups is 1. The Labute approximate surface area is 128 Å². The Balaban J connectivity index is 1.88. The number of rotatable bonds is 8. The summed E-state index contributed by atoms with van der Waals surface area (Å²) in [4.78, 5) is 17.1. The molecule has 2 aromatic rings.